The molecule has 108 valence electrons. The van der Waals surface area contributed by atoms with Gasteiger partial charge in [-0.05, 0) is 12.1 Å². The van der Waals surface area contributed by atoms with E-state index in [1.54, 1.807) is 7.11 Å². The number of benzene rings is 1. The standard InChI is InChI=1S/C14H20N4OS/c1-19-11-2-3-12-13(10-11)18(14(15)16-12)5-4-17-6-8-20-9-7-17/h2-3,10H,4-9H2,1H3,(H2,15,16). The van der Waals surface area contributed by atoms with E-state index >= 15 is 0 Å². The van der Waals surface area contributed by atoms with Gasteiger partial charge in [0.15, 0.2) is 0 Å². The van der Waals surface area contributed by atoms with E-state index in [1.807, 2.05) is 30.0 Å². The second-order valence-electron chi connectivity index (χ2n) is 4.93. The Balaban J connectivity index is 1.80. The van der Waals surface area contributed by atoms with Crippen molar-refractivity contribution in [2.75, 3.05) is 44.0 Å². The molecule has 1 saturated heterocycles. The lowest BCUT2D eigenvalue weighted by molar-refractivity contribution is 0.291. The van der Waals surface area contributed by atoms with E-state index < -0.39 is 0 Å². The first-order valence-electron chi connectivity index (χ1n) is 6.88. The van der Waals surface area contributed by atoms with E-state index in [-0.39, 0.29) is 0 Å². The van der Waals surface area contributed by atoms with Crippen molar-refractivity contribution < 1.29 is 4.74 Å². The van der Waals surface area contributed by atoms with Crippen molar-refractivity contribution in [3.8, 4) is 5.75 Å². The number of thioether (sulfide) groups is 1. The molecule has 1 fully saturated rings. The summed E-state index contributed by atoms with van der Waals surface area (Å²) in [4.78, 5) is 6.90. The zero-order chi connectivity index (χ0) is 13.9. The molecule has 6 heteroatoms. The summed E-state index contributed by atoms with van der Waals surface area (Å²) in [5.41, 5.74) is 8.03. The Kier molecular flexibility index (Phi) is 4.03. The highest BCUT2D eigenvalue weighted by atomic mass is 32.2. The van der Waals surface area contributed by atoms with Crippen molar-refractivity contribution >= 4 is 28.7 Å². The lowest BCUT2D eigenvalue weighted by Crippen LogP contribution is -2.35. The molecule has 0 radical (unpaired) electrons. The smallest absolute Gasteiger partial charge is 0.201 e. The summed E-state index contributed by atoms with van der Waals surface area (Å²) in [5, 5.41) is 0. The molecule has 1 aromatic carbocycles. The van der Waals surface area contributed by atoms with Crippen molar-refractivity contribution in [3.63, 3.8) is 0 Å². The van der Waals surface area contributed by atoms with Gasteiger partial charge in [0.1, 0.15) is 5.75 Å². The van der Waals surface area contributed by atoms with Crippen LogP contribution >= 0.6 is 11.8 Å². The summed E-state index contributed by atoms with van der Waals surface area (Å²) in [6, 6.07) is 5.88. The summed E-state index contributed by atoms with van der Waals surface area (Å²) in [6.45, 7) is 4.23. The topological polar surface area (TPSA) is 56.3 Å². The molecule has 20 heavy (non-hydrogen) atoms. The van der Waals surface area contributed by atoms with Gasteiger partial charge in [0.2, 0.25) is 5.95 Å². The second-order valence-corrected chi connectivity index (χ2v) is 6.16. The number of rotatable bonds is 4. The van der Waals surface area contributed by atoms with E-state index in [4.69, 9.17) is 10.5 Å². The number of fused-ring (bicyclic) bond motifs is 1. The van der Waals surface area contributed by atoms with E-state index in [9.17, 15) is 0 Å². The van der Waals surface area contributed by atoms with Crippen LogP contribution in [0.4, 0.5) is 5.95 Å². The van der Waals surface area contributed by atoms with E-state index in [1.165, 1.54) is 24.6 Å². The lowest BCUT2D eigenvalue weighted by Gasteiger charge is -2.26. The van der Waals surface area contributed by atoms with Crippen LogP contribution in [0.1, 0.15) is 0 Å². The number of anilines is 1. The Labute approximate surface area is 123 Å². The van der Waals surface area contributed by atoms with Crippen molar-refractivity contribution in [1.82, 2.24) is 14.5 Å². The van der Waals surface area contributed by atoms with Crippen LogP contribution in [0.2, 0.25) is 0 Å². The summed E-state index contributed by atoms with van der Waals surface area (Å²) in [5.74, 6) is 3.88. The monoisotopic (exact) mass is 292 g/mol. The minimum absolute atomic E-state index is 0.583. The SMILES string of the molecule is COc1ccc2nc(N)n(CCN3CCSCC3)c2c1. The first-order chi connectivity index (χ1) is 9.78. The molecule has 0 amide bonds. The Bertz CT molecular complexity index is 592. The zero-order valence-corrected chi connectivity index (χ0v) is 12.5. The first-order valence-corrected chi connectivity index (χ1v) is 8.03. The van der Waals surface area contributed by atoms with Crippen LogP contribution in [0.5, 0.6) is 5.75 Å². The molecule has 2 heterocycles. The van der Waals surface area contributed by atoms with Gasteiger partial charge in [0.25, 0.3) is 0 Å². The number of methoxy groups -OCH3 is 1. The molecule has 0 unspecified atom stereocenters. The molecule has 0 saturated carbocycles. The highest BCUT2D eigenvalue weighted by molar-refractivity contribution is 7.99. The normalized spacial score (nSPS) is 16.6. The molecule has 2 aromatic rings. The Morgan fingerprint density at radius 3 is 2.85 bits per heavy atom. The number of ether oxygens (including phenoxy) is 1. The number of nitrogens with two attached hydrogens (primary N) is 1. The highest BCUT2D eigenvalue weighted by Gasteiger charge is 2.13. The average molecular weight is 292 g/mol. The van der Waals surface area contributed by atoms with Gasteiger partial charge >= 0.3 is 0 Å². The predicted octanol–water partition coefficient (Wildman–Crippen LogP) is 1.68. The van der Waals surface area contributed by atoms with Crippen LogP contribution in [0.15, 0.2) is 18.2 Å². The molecule has 0 bridgehead atoms. The first kappa shape index (κ1) is 13.6. The summed E-state index contributed by atoms with van der Waals surface area (Å²) in [7, 11) is 1.68. The van der Waals surface area contributed by atoms with Crippen LogP contribution in [-0.4, -0.2) is 52.7 Å². The Morgan fingerprint density at radius 1 is 1.30 bits per heavy atom. The van der Waals surface area contributed by atoms with Crippen molar-refractivity contribution in [2.45, 2.75) is 6.54 Å². The third kappa shape index (κ3) is 2.71. The number of hydrogen-bond donors (Lipinski definition) is 1. The molecule has 1 aliphatic rings. The molecule has 0 aliphatic carbocycles. The molecule has 1 aromatic heterocycles. The van der Waals surface area contributed by atoms with Gasteiger partial charge < -0.3 is 15.0 Å². The van der Waals surface area contributed by atoms with Gasteiger partial charge in [-0.25, -0.2) is 4.98 Å². The number of nitrogen functional groups attached to an aromatic ring is 1. The fraction of sp³-hybridized carbons (Fsp3) is 0.500. The molecule has 0 spiro atoms. The molecular formula is C14H20N4OS. The molecule has 2 N–H and O–H groups in total. The highest BCUT2D eigenvalue weighted by Crippen LogP contribution is 2.23. The predicted molar refractivity (Wildman–Crippen MR) is 84.5 cm³/mol. The molecule has 5 nitrogen and oxygen atoms in total. The number of aromatic nitrogens is 2. The van der Waals surface area contributed by atoms with Crippen LogP contribution in [0, 0.1) is 0 Å². The molecule has 1 aliphatic heterocycles. The number of nitrogens with zero attached hydrogens (tertiary/aromatic N) is 3. The van der Waals surface area contributed by atoms with Gasteiger partial charge in [-0.3, -0.25) is 4.90 Å². The minimum atomic E-state index is 0.583. The van der Waals surface area contributed by atoms with Gasteiger partial charge in [-0.2, -0.15) is 11.8 Å². The van der Waals surface area contributed by atoms with Crippen LogP contribution in [0.3, 0.4) is 0 Å². The molecule has 0 atom stereocenters. The van der Waals surface area contributed by atoms with Crippen molar-refractivity contribution in [2.24, 2.45) is 0 Å². The Morgan fingerprint density at radius 2 is 2.10 bits per heavy atom. The fourth-order valence-electron chi connectivity index (χ4n) is 2.55. The maximum atomic E-state index is 6.05. The second kappa shape index (κ2) is 5.93. The third-order valence-electron chi connectivity index (χ3n) is 3.73. The van der Waals surface area contributed by atoms with Crippen molar-refractivity contribution in [1.29, 1.82) is 0 Å². The maximum Gasteiger partial charge on any atom is 0.201 e. The van der Waals surface area contributed by atoms with Crippen LogP contribution in [0.25, 0.3) is 11.0 Å². The van der Waals surface area contributed by atoms with Crippen LogP contribution < -0.4 is 10.5 Å². The number of hydrogen-bond acceptors (Lipinski definition) is 5. The third-order valence-corrected chi connectivity index (χ3v) is 4.67. The Hall–Kier alpha value is -1.40. The maximum absolute atomic E-state index is 6.05. The van der Waals surface area contributed by atoms with Crippen LogP contribution in [-0.2, 0) is 6.54 Å². The zero-order valence-electron chi connectivity index (χ0n) is 11.7. The van der Waals surface area contributed by atoms with E-state index in [0.29, 0.717) is 5.95 Å². The van der Waals surface area contributed by atoms with Gasteiger partial charge in [-0.15, -0.1) is 0 Å². The van der Waals surface area contributed by atoms with Gasteiger partial charge in [-0.1, -0.05) is 0 Å². The summed E-state index contributed by atoms with van der Waals surface area (Å²) < 4.78 is 7.37. The van der Waals surface area contributed by atoms with E-state index in [0.717, 1.165) is 29.9 Å². The summed E-state index contributed by atoms with van der Waals surface area (Å²) >= 11 is 2.03. The molecule has 3 rings (SSSR count). The lowest BCUT2D eigenvalue weighted by atomic mass is 10.3. The quantitative estimate of drug-likeness (QED) is 0.929. The van der Waals surface area contributed by atoms with Crippen molar-refractivity contribution in [3.05, 3.63) is 18.2 Å². The summed E-state index contributed by atoms with van der Waals surface area (Å²) in [6.07, 6.45) is 0. The van der Waals surface area contributed by atoms with E-state index in [2.05, 4.69) is 14.5 Å². The average Bonchev–Trinajstić information content (AvgIpc) is 2.80. The molecular weight excluding hydrogens is 272 g/mol. The number of imidazole rings is 1. The minimum Gasteiger partial charge on any atom is -0.497 e. The fourth-order valence-corrected chi connectivity index (χ4v) is 3.53. The largest absolute Gasteiger partial charge is 0.497 e. The van der Waals surface area contributed by atoms with Gasteiger partial charge in [0.05, 0.1) is 18.1 Å². The van der Waals surface area contributed by atoms with Gasteiger partial charge in [0, 0.05) is 43.8 Å².